The first-order chi connectivity index (χ1) is 17.9. The van der Waals surface area contributed by atoms with Crippen LogP contribution in [-0.2, 0) is 32.0 Å². The number of aliphatic imine (C=N–C) groups is 1. The van der Waals surface area contributed by atoms with Gasteiger partial charge < -0.3 is 35.5 Å². The number of aromatic nitrogens is 1. The third kappa shape index (κ3) is 7.68. The monoisotopic (exact) mass is 553 g/mol. The Bertz CT molecular complexity index is 1160. The van der Waals surface area contributed by atoms with Gasteiger partial charge in [0.05, 0.1) is 35.4 Å². The number of carbonyl (C=O) groups is 2. The highest BCUT2D eigenvalue weighted by atomic mass is 35.5. The molecule has 1 aromatic heterocycles. The number of nitrogens with zero attached hydrogens (tertiary/aromatic N) is 2. The molecule has 0 bridgehead atoms. The number of halogens is 2. The van der Waals surface area contributed by atoms with Crippen LogP contribution in [-0.4, -0.2) is 85.7 Å². The maximum absolute atomic E-state index is 12.1. The van der Waals surface area contributed by atoms with Gasteiger partial charge in [-0.2, -0.15) is 0 Å². The molecular formula is C25H33Cl2N5O5. The number of ether oxygens (including phenoxy) is 2. The van der Waals surface area contributed by atoms with Gasteiger partial charge in [0, 0.05) is 66.8 Å². The standard InChI is InChI=1S/C25H33Cl2N5O5/c1-2-8-36-10-11-37-9-6-30-21(34)13-29-5-3-19(28)16-12-18(26)24(27)25-23(16)17-14-32(22(35)15-33)7-4-20(17)31-25/h3,5,12,31,33H,2,4,6-11,13-15,28H2,1H3,(H,30,34)/b19-3-,29-5?. The molecule has 2 amide bonds. The second kappa shape index (κ2) is 14.3. The number of aliphatic hydroxyl groups is 1. The van der Waals surface area contributed by atoms with Gasteiger partial charge in [-0.05, 0) is 18.6 Å². The Labute approximate surface area is 225 Å². The minimum Gasteiger partial charge on any atom is -0.398 e. The summed E-state index contributed by atoms with van der Waals surface area (Å²) in [5, 5.41) is 13.5. The Balaban J connectivity index is 1.63. The van der Waals surface area contributed by atoms with E-state index in [1.165, 1.54) is 6.21 Å². The summed E-state index contributed by atoms with van der Waals surface area (Å²) >= 11 is 12.8. The summed E-state index contributed by atoms with van der Waals surface area (Å²) in [6.07, 6.45) is 4.60. The molecule has 0 saturated carbocycles. The number of hydrogen-bond acceptors (Lipinski definition) is 7. The van der Waals surface area contributed by atoms with E-state index in [9.17, 15) is 14.7 Å². The van der Waals surface area contributed by atoms with Gasteiger partial charge in [0.2, 0.25) is 11.8 Å². The SMILES string of the molecule is CCCOCCOCCNC(=O)CN=C/C=C(\N)c1cc(Cl)c(Cl)c2[nH]c3c(c12)CN(C(=O)CO)CC3. The number of fused-ring (bicyclic) bond motifs is 3. The summed E-state index contributed by atoms with van der Waals surface area (Å²) in [5.41, 5.74) is 9.84. The van der Waals surface area contributed by atoms with Crippen molar-refractivity contribution >= 4 is 57.8 Å². The van der Waals surface area contributed by atoms with Crippen LogP contribution in [0.5, 0.6) is 0 Å². The molecule has 202 valence electrons. The fraction of sp³-hybridized carbons (Fsp3) is 0.480. The van der Waals surface area contributed by atoms with E-state index in [1.807, 2.05) is 6.92 Å². The van der Waals surface area contributed by atoms with Crippen LogP contribution < -0.4 is 11.1 Å². The zero-order chi connectivity index (χ0) is 26.8. The smallest absolute Gasteiger partial charge is 0.248 e. The quantitative estimate of drug-likeness (QED) is 0.221. The molecule has 12 heteroatoms. The van der Waals surface area contributed by atoms with Gasteiger partial charge in [0.15, 0.2) is 0 Å². The van der Waals surface area contributed by atoms with Crippen LogP contribution in [0.15, 0.2) is 17.1 Å². The lowest BCUT2D eigenvalue weighted by atomic mass is 9.99. The van der Waals surface area contributed by atoms with E-state index >= 15 is 0 Å². The maximum Gasteiger partial charge on any atom is 0.248 e. The molecule has 1 aromatic carbocycles. The van der Waals surface area contributed by atoms with Crippen molar-refractivity contribution < 1.29 is 24.2 Å². The normalized spacial score (nSPS) is 13.9. The number of carbonyl (C=O) groups excluding carboxylic acids is 2. The Morgan fingerprint density at radius 1 is 1.27 bits per heavy atom. The van der Waals surface area contributed by atoms with Crippen molar-refractivity contribution in [1.29, 1.82) is 0 Å². The molecule has 2 heterocycles. The second-order valence-corrected chi connectivity index (χ2v) is 9.25. The molecule has 0 aliphatic carbocycles. The summed E-state index contributed by atoms with van der Waals surface area (Å²) < 4.78 is 10.7. The Morgan fingerprint density at radius 2 is 2.03 bits per heavy atom. The number of aromatic amines is 1. The van der Waals surface area contributed by atoms with Crippen LogP contribution in [0.3, 0.4) is 0 Å². The summed E-state index contributed by atoms with van der Waals surface area (Å²) in [7, 11) is 0. The zero-order valence-electron chi connectivity index (χ0n) is 20.8. The number of allylic oxidation sites excluding steroid dienone is 1. The molecule has 1 aliphatic rings. The summed E-state index contributed by atoms with van der Waals surface area (Å²) in [5.74, 6) is -0.581. The lowest BCUT2D eigenvalue weighted by Crippen LogP contribution is -2.37. The van der Waals surface area contributed by atoms with Crippen LogP contribution in [0.1, 0.15) is 30.2 Å². The number of H-pyrrole nitrogens is 1. The fourth-order valence-corrected chi connectivity index (χ4v) is 4.42. The lowest BCUT2D eigenvalue weighted by molar-refractivity contribution is -0.135. The number of hydrogen-bond donors (Lipinski definition) is 4. The Hall–Kier alpha value is -2.63. The number of benzene rings is 1. The highest BCUT2D eigenvalue weighted by Gasteiger charge is 2.27. The Morgan fingerprint density at radius 3 is 2.76 bits per heavy atom. The van der Waals surface area contributed by atoms with E-state index < -0.39 is 6.61 Å². The maximum atomic E-state index is 12.1. The molecule has 0 spiro atoms. The van der Waals surface area contributed by atoms with Gasteiger partial charge in [-0.3, -0.25) is 14.6 Å². The van der Waals surface area contributed by atoms with Crippen LogP contribution >= 0.6 is 23.2 Å². The Kier molecular flexibility index (Phi) is 11.2. The average Bonchev–Trinajstić information content (AvgIpc) is 3.28. The number of nitrogens with one attached hydrogen (secondary N) is 2. The molecule has 0 radical (unpaired) electrons. The minimum absolute atomic E-state index is 0.0576. The minimum atomic E-state index is -0.551. The molecule has 5 N–H and O–H groups in total. The molecular weight excluding hydrogens is 521 g/mol. The third-order valence-corrected chi connectivity index (χ3v) is 6.61. The third-order valence-electron chi connectivity index (χ3n) is 5.82. The van der Waals surface area contributed by atoms with Crippen molar-refractivity contribution in [2.24, 2.45) is 10.7 Å². The summed E-state index contributed by atoms with van der Waals surface area (Å²) in [6, 6.07) is 1.67. The molecule has 0 saturated heterocycles. The molecule has 3 rings (SSSR count). The topological polar surface area (TPSA) is 142 Å². The van der Waals surface area contributed by atoms with E-state index in [4.69, 9.17) is 38.4 Å². The van der Waals surface area contributed by atoms with Crippen molar-refractivity contribution in [3.8, 4) is 0 Å². The zero-order valence-corrected chi connectivity index (χ0v) is 22.3. The molecule has 1 aliphatic heterocycles. The summed E-state index contributed by atoms with van der Waals surface area (Å²) in [6.45, 7) is 4.75. The number of rotatable bonds is 13. The largest absolute Gasteiger partial charge is 0.398 e. The highest BCUT2D eigenvalue weighted by molar-refractivity contribution is 6.45. The average molecular weight is 554 g/mol. The van der Waals surface area contributed by atoms with Crippen molar-refractivity contribution in [3.63, 3.8) is 0 Å². The van der Waals surface area contributed by atoms with Crippen LogP contribution in [0.2, 0.25) is 10.0 Å². The van der Waals surface area contributed by atoms with E-state index in [1.54, 1.807) is 17.0 Å². The molecule has 0 atom stereocenters. The van der Waals surface area contributed by atoms with Gasteiger partial charge in [0.1, 0.15) is 13.2 Å². The van der Waals surface area contributed by atoms with Gasteiger partial charge >= 0.3 is 0 Å². The van der Waals surface area contributed by atoms with E-state index in [-0.39, 0.29) is 18.4 Å². The van der Waals surface area contributed by atoms with Crippen LogP contribution in [0, 0.1) is 0 Å². The number of aliphatic hydroxyl groups excluding tert-OH is 1. The van der Waals surface area contributed by atoms with Crippen molar-refractivity contribution in [3.05, 3.63) is 39.0 Å². The van der Waals surface area contributed by atoms with Crippen molar-refractivity contribution in [2.75, 3.05) is 52.7 Å². The molecule has 0 unspecified atom stereocenters. The first kappa shape index (κ1) is 28.9. The lowest BCUT2D eigenvalue weighted by Gasteiger charge is -2.27. The van der Waals surface area contributed by atoms with Gasteiger partial charge in [-0.1, -0.05) is 30.1 Å². The second-order valence-electron chi connectivity index (χ2n) is 8.46. The predicted octanol–water partition coefficient (Wildman–Crippen LogP) is 2.28. The number of amides is 2. The molecule has 0 fully saturated rings. The fourth-order valence-electron chi connectivity index (χ4n) is 4.02. The molecule has 2 aromatic rings. The van der Waals surface area contributed by atoms with Gasteiger partial charge in [-0.25, -0.2) is 0 Å². The highest BCUT2D eigenvalue weighted by Crippen LogP contribution is 2.39. The van der Waals surface area contributed by atoms with Gasteiger partial charge in [-0.15, -0.1) is 0 Å². The summed E-state index contributed by atoms with van der Waals surface area (Å²) in [4.78, 5) is 33.1. The first-order valence-electron chi connectivity index (χ1n) is 12.2. The molecule has 37 heavy (non-hydrogen) atoms. The molecule has 10 nitrogen and oxygen atoms in total. The van der Waals surface area contributed by atoms with Crippen LogP contribution in [0.4, 0.5) is 0 Å². The number of nitrogens with two attached hydrogens (primary N) is 1. The van der Waals surface area contributed by atoms with E-state index in [0.29, 0.717) is 79.3 Å². The van der Waals surface area contributed by atoms with Crippen LogP contribution in [0.25, 0.3) is 16.6 Å². The first-order valence-corrected chi connectivity index (χ1v) is 12.9. The van der Waals surface area contributed by atoms with Crippen molar-refractivity contribution in [1.82, 2.24) is 15.2 Å². The van der Waals surface area contributed by atoms with Gasteiger partial charge in [0.25, 0.3) is 0 Å². The predicted molar refractivity (Wildman–Crippen MR) is 145 cm³/mol. The van der Waals surface area contributed by atoms with Crippen molar-refractivity contribution in [2.45, 2.75) is 26.3 Å². The van der Waals surface area contributed by atoms with E-state index in [0.717, 1.165) is 23.1 Å². The van der Waals surface area contributed by atoms with E-state index in [2.05, 4.69) is 15.3 Å².